The average Bonchev–Trinajstić information content (AvgIpc) is 3.52. The van der Waals surface area contributed by atoms with E-state index in [9.17, 15) is 4.79 Å². The number of aromatic amines is 1. The summed E-state index contributed by atoms with van der Waals surface area (Å²) in [6.45, 7) is 0.424. The second kappa shape index (κ2) is 8.28. The van der Waals surface area contributed by atoms with Crippen LogP contribution in [0.15, 0.2) is 61.2 Å². The van der Waals surface area contributed by atoms with Crippen LogP contribution in [0.4, 0.5) is 11.4 Å². The molecule has 0 saturated heterocycles. The Morgan fingerprint density at radius 2 is 2.09 bits per heavy atom. The standard InChI is InChI=1S/C23H20N8O/c1-30-15-16(13-26-30)27-20-10-6-12-31-17(14-25-22(20)31)7-4-5-11-24-23(32)21-28-18-8-2-3-9-19(18)29-21/h2-3,6,8-10,12-15,27H,5,11H2,1H3,(H,24,32)(H,28,29). The molecule has 0 aliphatic heterocycles. The molecule has 0 saturated carbocycles. The number of carbonyl (C=O) groups excluding carboxylic acids is 1. The largest absolute Gasteiger partial charge is 0.350 e. The van der Waals surface area contributed by atoms with E-state index in [4.69, 9.17) is 0 Å². The van der Waals surface area contributed by atoms with Crippen LogP contribution in [0.3, 0.4) is 0 Å². The minimum Gasteiger partial charge on any atom is -0.350 e. The van der Waals surface area contributed by atoms with Crippen LogP contribution in [-0.2, 0) is 7.05 Å². The molecule has 0 spiro atoms. The Balaban J connectivity index is 1.22. The van der Waals surface area contributed by atoms with Crippen molar-refractivity contribution in [2.75, 3.05) is 11.9 Å². The monoisotopic (exact) mass is 424 g/mol. The molecule has 4 heterocycles. The first kappa shape index (κ1) is 19.4. The molecule has 32 heavy (non-hydrogen) atoms. The normalized spacial score (nSPS) is 10.8. The van der Waals surface area contributed by atoms with Gasteiger partial charge in [-0.3, -0.25) is 13.9 Å². The highest BCUT2D eigenvalue weighted by molar-refractivity contribution is 5.94. The third kappa shape index (κ3) is 3.89. The summed E-state index contributed by atoms with van der Waals surface area (Å²) in [6, 6.07) is 11.4. The van der Waals surface area contributed by atoms with Crippen LogP contribution in [0, 0.1) is 11.8 Å². The molecule has 0 fully saturated rings. The predicted molar refractivity (Wildman–Crippen MR) is 122 cm³/mol. The topological polar surface area (TPSA) is 105 Å². The van der Waals surface area contributed by atoms with Gasteiger partial charge in [0.15, 0.2) is 11.5 Å². The van der Waals surface area contributed by atoms with Crippen molar-refractivity contribution in [1.29, 1.82) is 0 Å². The van der Waals surface area contributed by atoms with Crippen LogP contribution in [0.1, 0.15) is 22.7 Å². The van der Waals surface area contributed by atoms with Gasteiger partial charge < -0.3 is 15.6 Å². The van der Waals surface area contributed by atoms with E-state index >= 15 is 0 Å². The number of aromatic nitrogens is 6. The van der Waals surface area contributed by atoms with Gasteiger partial charge in [-0.15, -0.1) is 0 Å². The number of nitrogens with zero attached hydrogens (tertiary/aromatic N) is 5. The van der Waals surface area contributed by atoms with E-state index in [0.29, 0.717) is 18.8 Å². The van der Waals surface area contributed by atoms with Crippen LogP contribution < -0.4 is 10.6 Å². The molecular weight excluding hydrogens is 404 g/mol. The lowest BCUT2D eigenvalue weighted by molar-refractivity contribution is 0.0945. The maximum absolute atomic E-state index is 12.3. The Labute approximate surface area is 183 Å². The quantitative estimate of drug-likeness (QED) is 0.297. The Morgan fingerprint density at radius 3 is 2.94 bits per heavy atom. The number of H-pyrrole nitrogens is 1. The van der Waals surface area contributed by atoms with Crippen LogP contribution >= 0.6 is 0 Å². The SMILES string of the molecule is Cn1cc(Nc2cccn3c(C#CCCNC(=O)c4nc5ccccc5[nH]4)cnc23)cn1. The fraction of sp³-hybridized carbons (Fsp3) is 0.130. The van der Waals surface area contributed by atoms with Crippen LogP contribution in [0.25, 0.3) is 16.7 Å². The summed E-state index contributed by atoms with van der Waals surface area (Å²) in [5.74, 6) is 6.28. The van der Waals surface area contributed by atoms with E-state index in [2.05, 4.69) is 42.5 Å². The second-order valence-corrected chi connectivity index (χ2v) is 7.20. The first-order chi connectivity index (χ1) is 15.7. The maximum atomic E-state index is 12.3. The van der Waals surface area contributed by atoms with Gasteiger partial charge in [0.1, 0.15) is 5.69 Å². The summed E-state index contributed by atoms with van der Waals surface area (Å²) in [5, 5.41) is 10.3. The van der Waals surface area contributed by atoms with Crippen molar-refractivity contribution in [3.8, 4) is 11.8 Å². The van der Waals surface area contributed by atoms with Crippen molar-refractivity contribution in [2.45, 2.75) is 6.42 Å². The van der Waals surface area contributed by atoms with Crippen molar-refractivity contribution in [3.05, 3.63) is 72.7 Å². The molecule has 1 aromatic carbocycles. The number of aryl methyl sites for hydroxylation is 1. The molecule has 0 aliphatic rings. The number of hydrogen-bond acceptors (Lipinski definition) is 5. The molecule has 3 N–H and O–H groups in total. The number of amides is 1. The van der Waals surface area contributed by atoms with Gasteiger partial charge in [-0.2, -0.15) is 5.10 Å². The molecular formula is C23H20N8O. The number of imidazole rings is 2. The maximum Gasteiger partial charge on any atom is 0.287 e. The van der Waals surface area contributed by atoms with E-state index in [1.807, 2.05) is 60.2 Å². The van der Waals surface area contributed by atoms with Gasteiger partial charge in [0.2, 0.25) is 0 Å². The molecule has 0 unspecified atom stereocenters. The Bertz CT molecular complexity index is 1450. The molecule has 9 nitrogen and oxygen atoms in total. The third-order valence-electron chi connectivity index (χ3n) is 4.88. The number of benzene rings is 1. The fourth-order valence-corrected chi connectivity index (χ4v) is 3.38. The molecule has 158 valence electrons. The summed E-state index contributed by atoms with van der Waals surface area (Å²) in [4.78, 5) is 24.1. The molecule has 0 bridgehead atoms. The van der Waals surface area contributed by atoms with Gasteiger partial charge in [-0.05, 0) is 30.2 Å². The molecule has 5 rings (SSSR count). The number of para-hydroxylation sites is 2. The molecule has 9 heteroatoms. The lowest BCUT2D eigenvalue weighted by Gasteiger charge is -2.05. The zero-order valence-corrected chi connectivity index (χ0v) is 17.3. The number of nitrogens with one attached hydrogen (secondary N) is 3. The van der Waals surface area contributed by atoms with Crippen molar-refractivity contribution in [2.24, 2.45) is 7.05 Å². The highest BCUT2D eigenvalue weighted by Crippen LogP contribution is 2.21. The fourth-order valence-electron chi connectivity index (χ4n) is 3.38. The summed E-state index contributed by atoms with van der Waals surface area (Å²) in [5.41, 5.74) is 4.91. The van der Waals surface area contributed by atoms with Crippen molar-refractivity contribution in [1.82, 2.24) is 34.4 Å². The molecule has 0 aliphatic carbocycles. The number of fused-ring (bicyclic) bond motifs is 2. The van der Waals surface area contributed by atoms with Crippen LogP contribution in [0.2, 0.25) is 0 Å². The van der Waals surface area contributed by atoms with Crippen molar-refractivity contribution < 1.29 is 4.79 Å². The lowest BCUT2D eigenvalue weighted by atomic mass is 10.3. The van der Waals surface area contributed by atoms with E-state index in [-0.39, 0.29) is 5.91 Å². The molecule has 0 radical (unpaired) electrons. The highest BCUT2D eigenvalue weighted by Gasteiger charge is 2.10. The molecule has 4 aromatic heterocycles. The first-order valence-corrected chi connectivity index (χ1v) is 10.1. The van der Waals surface area contributed by atoms with Crippen molar-refractivity contribution >= 4 is 34.0 Å². The van der Waals surface area contributed by atoms with E-state index < -0.39 is 0 Å². The Hall–Kier alpha value is -4.58. The highest BCUT2D eigenvalue weighted by atomic mass is 16.2. The van der Waals surface area contributed by atoms with E-state index in [1.54, 1.807) is 17.1 Å². The first-order valence-electron chi connectivity index (χ1n) is 10.1. The average molecular weight is 424 g/mol. The van der Waals surface area contributed by atoms with Crippen LogP contribution in [0.5, 0.6) is 0 Å². The van der Waals surface area contributed by atoms with Gasteiger partial charge in [-0.1, -0.05) is 18.1 Å². The summed E-state index contributed by atoms with van der Waals surface area (Å²) < 4.78 is 3.66. The van der Waals surface area contributed by atoms with Crippen LogP contribution in [-0.4, -0.2) is 41.6 Å². The van der Waals surface area contributed by atoms with E-state index in [0.717, 1.165) is 33.7 Å². The Kier molecular flexibility index (Phi) is 5.01. The molecule has 0 atom stereocenters. The van der Waals surface area contributed by atoms with Gasteiger partial charge in [0.05, 0.1) is 34.8 Å². The van der Waals surface area contributed by atoms with Gasteiger partial charge >= 0.3 is 0 Å². The zero-order chi connectivity index (χ0) is 21.9. The van der Waals surface area contributed by atoms with Gasteiger partial charge in [0.25, 0.3) is 5.91 Å². The zero-order valence-electron chi connectivity index (χ0n) is 17.3. The predicted octanol–water partition coefficient (Wildman–Crippen LogP) is 2.86. The van der Waals surface area contributed by atoms with Crippen molar-refractivity contribution in [3.63, 3.8) is 0 Å². The molecule has 5 aromatic rings. The summed E-state index contributed by atoms with van der Waals surface area (Å²) >= 11 is 0. The minimum atomic E-state index is -0.246. The summed E-state index contributed by atoms with van der Waals surface area (Å²) in [6.07, 6.45) is 7.82. The molecule has 1 amide bonds. The number of anilines is 2. The summed E-state index contributed by atoms with van der Waals surface area (Å²) in [7, 11) is 1.87. The van der Waals surface area contributed by atoms with Gasteiger partial charge in [-0.25, -0.2) is 9.97 Å². The number of rotatable bonds is 5. The second-order valence-electron chi connectivity index (χ2n) is 7.20. The number of carbonyl (C=O) groups is 1. The Morgan fingerprint density at radius 1 is 1.19 bits per heavy atom. The minimum absolute atomic E-state index is 0.246. The van der Waals surface area contributed by atoms with E-state index in [1.165, 1.54) is 0 Å². The lowest BCUT2D eigenvalue weighted by Crippen LogP contribution is -2.25. The smallest absolute Gasteiger partial charge is 0.287 e. The number of hydrogen-bond donors (Lipinski definition) is 3. The van der Waals surface area contributed by atoms with Gasteiger partial charge in [0, 0.05) is 32.4 Å². The number of pyridine rings is 1. The third-order valence-corrected chi connectivity index (χ3v) is 4.88.